The zero-order valence-corrected chi connectivity index (χ0v) is 10.5. The molecule has 0 aliphatic heterocycles. The average molecular weight is 270 g/mol. The van der Waals surface area contributed by atoms with Gasteiger partial charge in [-0.1, -0.05) is 24.8 Å². The molecule has 2 N–H and O–H groups in total. The van der Waals surface area contributed by atoms with Crippen molar-refractivity contribution in [2.24, 2.45) is 5.73 Å². The number of hydrogen-bond donors (Lipinski definition) is 1. The van der Waals surface area contributed by atoms with Crippen LogP contribution >= 0.6 is 15.9 Å². The molecule has 1 unspecified atom stereocenters. The Balaban J connectivity index is 2.91. The van der Waals surface area contributed by atoms with E-state index in [1.54, 1.807) is 6.08 Å². The Morgan fingerprint density at radius 2 is 2.33 bits per heavy atom. The molecule has 0 saturated heterocycles. The third kappa shape index (κ3) is 3.68. The summed E-state index contributed by atoms with van der Waals surface area (Å²) in [5.41, 5.74) is 6.91. The van der Waals surface area contributed by atoms with Crippen LogP contribution in [-0.4, -0.2) is 12.6 Å². The second-order valence-electron chi connectivity index (χ2n) is 3.51. The van der Waals surface area contributed by atoms with E-state index in [0.29, 0.717) is 6.61 Å². The largest absolute Gasteiger partial charge is 0.488 e. The van der Waals surface area contributed by atoms with Crippen molar-refractivity contribution in [2.45, 2.75) is 19.4 Å². The molecule has 1 rings (SSSR count). The summed E-state index contributed by atoms with van der Waals surface area (Å²) in [4.78, 5) is 0. The summed E-state index contributed by atoms with van der Waals surface area (Å²) in [5.74, 6) is 0.870. The summed E-state index contributed by atoms with van der Waals surface area (Å²) in [6, 6.07) is 6.11. The summed E-state index contributed by atoms with van der Waals surface area (Å²) in [6.45, 7) is 6.12. The van der Waals surface area contributed by atoms with E-state index in [1.165, 1.54) is 0 Å². The highest BCUT2D eigenvalue weighted by Gasteiger charge is 2.08. The van der Waals surface area contributed by atoms with Crippen molar-refractivity contribution in [1.82, 2.24) is 0 Å². The van der Waals surface area contributed by atoms with Gasteiger partial charge in [0.2, 0.25) is 0 Å². The molecule has 1 aromatic rings. The zero-order valence-electron chi connectivity index (χ0n) is 8.87. The minimum Gasteiger partial charge on any atom is -0.488 e. The summed E-state index contributed by atoms with van der Waals surface area (Å²) in [7, 11) is 0. The second-order valence-corrected chi connectivity index (χ2v) is 4.36. The maximum Gasteiger partial charge on any atom is 0.137 e. The van der Waals surface area contributed by atoms with Crippen LogP contribution in [0.3, 0.4) is 0 Å². The van der Waals surface area contributed by atoms with Gasteiger partial charge in [-0.05, 0) is 40.9 Å². The molecule has 3 heteroatoms. The number of hydrogen-bond acceptors (Lipinski definition) is 2. The molecule has 0 saturated carbocycles. The van der Waals surface area contributed by atoms with Gasteiger partial charge in [0.05, 0.1) is 4.47 Å². The van der Waals surface area contributed by atoms with E-state index in [2.05, 4.69) is 22.5 Å². The quantitative estimate of drug-likeness (QED) is 0.835. The van der Waals surface area contributed by atoms with Gasteiger partial charge in [0, 0.05) is 6.04 Å². The van der Waals surface area contributed by atoms with Crippen molar-refractivity contribution in [2.75, 3.05) is 6.61 Å². The van der Waals surface area contributed by atoms with Gasteiger partial charge >= 0.3 is 0 Å². The summed E-state index contributed by atoms with van der Waals surface area (Å²) >= 11 is 3.47. The normalized spacial score (nSPS) is 12.2. The van der Waals surface area contributed by atoms with Crippen LogP contribution < -0.4 is 10.5 Å². The topological polar surface area (TPSA) is 35.2 Å². The second kappa shape index (κ2) is 5.93. The molecule has 82 valence electrons. The molecule has 0 aromatic heterocycles. The minimum atomic E-state index is 0.130. The lowest BCUT2D eigenvalue weighted by molar-refractivity contribution is 0.356. The van der Waals surface area contributed by atoms with Crippen LogP contribution in [0.5, 0.6) is 5.75 Å². The molecule has 15 heavy (non-hydrogen) atoms. The predicted octanol–water partition coefficient (Wildman–Crippen LogP) is 2.90. The van der Waals surface area contributed by atoms with Crippen LogP contribution in [0.1, 0.15) is 12.5 Å². The van der Waals surface area contributed by atoms with E-state index in [4.69, 9.17) is 10.5 Å². The number of benzene rings is 1. The fraction of sp³-hybridized carbons (Fsp3) is 0.333. The highest BCUT2D eigenvalue weighted by Crippen LogP contribution is 2.29. The lowest BCUT2D eigenvalue weighted by Gasteiger charge is -2.13. The fourth-order valence-corrected chi connectivity index (χ4v) is 1.89. The van der Waals surface area contributed by atoms with Crippen LogP contribution in [0.25, 0.3) is 0 Å². The number of rotatable bonds is 5. The Hall–Kier alpha value is -0.800. The Morgan fingerprint density at radius 3 is 2.93 bits per heavy atom. The monoisotopic (exact) mass is 269 g/mol. The van der Waals surface area contributed by atoms with Gasteiger partial charge in [0.25, 0.3) is 0 Å². The third-order valence-electron chi connectivity index (χ3n) is 1.94. The average Bonchev–Trinajstić information content (AvgIpc) is 2.16. The molecule has 0 amide bonds. The van der Waals surface area contributed by atoms with Crippen LogP contribution in [0, 0.1) is 0 Å². The molecule has 0 heterocycles. The van der Waals surface area contributed by atoms with Crippen molar-refractivity contribution in [1.29, 1.82) is 0 Å². The van der Waals surface area contributed by atoms with E-state index in [-0.39, 0.29) is 6.04 Å². The minimum absolute atomic E-state index is 0.130. The van der Waals surface area contributed by atoms with Gasteiger partial charge in [-0.3, -0.25) is 0 Å². The van der Waals surface area contributed by atoms with Crippen molar-refractivity contribution in [3.8, 4) is 5.75 Å². The maximum absolute atomic E-state index is 5.78. The van der Waals surface area contributed by atoms with Gasteiger partial charge in [-0.2, -0.15) is 0 Å². The molecule has 0 aliphatic rings. The summed E-state index contributed by atoms with van der Waals surface area (Å²) in [6.07, 6.45) is 2.54. The highest BCUT2D eigenvalue weighted by molar-refractivity contribution is 9.10. The molecule has 0 bridgehead atoms. The molecular formula is C12H16BrNO. The Bertz CT molecular complexity index is 336. The first-order valence-electron chi connectivity index (χ1n) is 4.91. The van der Waals surface area contributed by atoms with E-state index < -0.39 is 0 Å². The van der Waals surface area contributed by atoms with E-state index in [9.17, 15) is 0 Å². The lowest BCUT2D eigenvalue weighted by Crippen LogP contribution is -2.18. The van der Waals surface area contributed by atoms with E-state index in [0.717, 1.165) is 22.2 Å². The summed E-state index contributed by atoms with van der Waals surface area (Å²) in [5, 5.41) is 0. The van der Waals surface area contributed by atoms with Gasteiger partial charge in [0.15, 0.2) is 0 Å². The smallest absolute Gasteiger partial charge is 0.137 e. The third-order valence-corrected chi connectivity index (χ3v) is 2.56. The number of para-hydroxylation sites is 1. The Morgan fingerprint density at radius 1 is 1.60 bits per heavy atom. The first kappa shape index (κ1) is 12.3. The molecule has 0 fully saturated rings. The molecule has 2 nitrogen and oxygen atoms in total. The lowest BCUT2D eigenvalue weighted by atomic mass is 10.1. The van der Waals surface area contributed by atoms with Crippen LogP contribution in [-0.2, 0) is 6.42 Å². The predicted molar refractivity (Wildman–Crippen MR) is 67.2 cm³/mol. The van der Waals surface area contributed by atoms with Crippen LogP contribution in [0.15, 0.2) is 35.3 Å². The zero-order chi connectivity index (χ0) is 11.3. The molecule has 0 radical (unpaired) electrons. The summed E-state index contributed by atoms with van der Waals surface area (Å²) < 4.78 is 6.56. The first-order valence-corrected chi connectivity index (χ1v) is 5.71. The van der Waals surface area contributed by atoms with Gasteiger partial charge in [0.1, 0.15) is 12.4 Å². The number of halogens is 1. The number of nitrogens with two attached hydrogens (primary N) is 1. The van der Waals surface area contributed by atoms with Crippen molar-refractivity contribution >= 4 is 15.9 Å². The number of ether oxygens (including phenoxy) is 1. The molecule has 1 aromatic carbocycles. The van der Waals surface area contributed by atoms with Gasteiger partial charge < -0.3 is 10.5 Å². The highest BCUT2D eigenvalue weighted by atomic mass is 79.9. The van der Waals surface area contributed by atoms with Crippen LogP contribution in [0.4, 0.5) is 0 Å². The molecule has 0 aliphatic carbocycles. The maximum atomic E-state index is 5.78. The SMILES string of the molecule is C=CCOc1c(Br)cccc1CC(C)N. The fourth-order valence-electron chi connectivity index (χ4n) is 1.37. The van der Waals surface area contributed by atoms with E-state index >= 15 is 0 Å². The Kier molecular flexibility index (Phi) is 4.85. The van der Waals surface area contributed by atoms with Gasteiger partial charge in [-0.15, -0.1) is 0 Å². The Labute approximate surface area is 99.3 Å². The standard InChI is InChI=1S/C12H16BrNO/c1-3-7-15-12-10(8-9(2)14)5-4-6-11(12)13/h3-6,9H,1,7-8,14H2,2H3. The van der Waals surface area contributed by atoms with Crippen molar-refractivity contribution < 1.29 is 4.74 Å². The molecule has 1 atom stereocenters. The van der Waals surface area contributed by atoms with Crippen molar-refractivity contribution in [3.05, 3.63) is 40.9 Å². The van der Waals surface area contributed by atoms with Gasteiger partial charge in [-0.25, -0.2) is 0 Å². The van der Waals surface area contributed by atoms with E-state index in [1.807, 2.05) is 25.1 Å². The molecule has 0 spiro atoms. The van der Waals surface area contributed by atoms with Crippen LogP contribution in [0.2, 0.25) is 0 Å². The van der Waals surface area contributed by atoms with Crippen molar-refractivity contribution in [3.63, 3.8) is 0 Å². The first-order chi connectivity index (χ1) is 7.15. The molecular weight excluding hydrogens is 254 g/mol.